The second-order valence-corrected chi connectivity index (χ2v) is 4.70. The highest BCUT2D eigenvalue weighted by Gasteiger charge is 2.15. The number of aromatic amines is 1. The quantitative estimate of drug-likeness (QED) is 0.749. The normalized spacial score (nSPS) is 10.7. The average Bonchev–Trinajstić information content (AvgIpc) is 2.77. The Morgan fingerprint density at radius 1 is 1.20 bits per heavy atom. The third-order valence-electron chi connectivity index (χ3n) is 3.23. The maximum atomic E-state index is 12.3. The lowest BCUT2D eigenvalue weighted by molar-refractivity contribution is 0.102. The first kappa shape index (κ1) is 12.3. The standard InChI is InChI=1S/C15H14N4O/c1-9-4-5-12-11(8-9)10(2)13(18-12)14(20)19-15-16-6-3-7-17-15/h3-8,18H,1-2H3,(H,16,17,19,20). The lowest BCUT2D eigenvalue weighted by atomic mass is 10.1. The second-order valence-electron chi connectivity index (χ2n) is 4.70. The Morgan fingerprint density at radius 3 is 2.70 bits per heavy atom. The number of nitrogens with zero attached hydrogens (tertiary/aromatic N) is 2. The average molecular weight is 266 g/mol. The molecule has 1 amide bonds. The smallest absolute Gasteiger partial charge is 0.274 e. The predicted octanol–water partition coefficient (Wildman–Crippen LogP) is 2.83. The Labute approximate surface area is 116 Å². The van der Waals surface area contributed by atoms with Crippen LogP contribution in [0.1, 0.15) is 21.6 Å². The van der Waals surface area contributed by atoms with Crippen molar-refractivity contribution >= 4 is 22.8 Å². The van der Waals surface area contributed by atoms with Crippen LogP contribution < -0.4 is 5.32 Å². The molecule has 0 aliphatic rings. The van der Waals surface area contributed by atoms with Crippen molar-refractivity contribution in [2.75, 3.05) is 5.32 Å². The van der Waals surface area contributed by atoms with Gasteiger partial charge in [-0.2, -0.15) is 0 Å². The topological polar surface area (TPSA) is 70.7 Å². The van der Waals surface area contributed by atoms with Gasteiger partial charge in [0, 0.05) is 23.3 Å². The number of carbonyl (C=O) groups is 1. The SMILES string of the molecule is Cc1ccc2[nH]c(C(=O)Nc3ncccn3)c(C)c2c1. The molecular weight excluding hydrogens is 252 g/mol. The molecular formula is C15H14N4O. The van der Waals surface area contributed by atoms with E-state index in [9.17, 15) is 4.79 Å². The van der Waals surface area contributed by atoms with Gasteiger partial charge in [0.2, 0.25) is 5.95 Å². The number of carbonyl (C=O) groups excluding carboxylic acids is 1. The van der Waals surface area contributed by atoms with Crippen molar-refractivity contribution in [2.24, 2.45) is 0 Å². The minimum absolute atomic E-state index is 0.234. The summed E-state index contributed by atoms with van der Waals surface area (Å²) in [7, 11) is 0. The molecule has 0 spiro atoms. The summed E-state index contributed by atoms with van der Waals surface area (Å²) in [6, 6.07) is 7.76. The Balaban J connectivity index is 1.98. The lowest BCUT2D eigenvalue weighted by Gasteiger charge is -2.02. The molecule has 100 valence electrons. The van der Waals surface area contributed by atoms with Gasteiger partial charge in [0.05, 0.1) is 0 Å². The second kappa shape index (κ2) is 4.77. The highest BCUT2D eigenvalue weighted by molar-refractivity contribution is 6.07. The van der Waals surface area contributed by atoms with Crippen molar-refractivity contribution in [3.8, 4) is 0 Å². The first-order chi connectivity index (χ1) is 9.65. The Hall–Kier alpha value is -2.69. The molecule has 2 heterocycles. The largest absolute Gasteiger partial charge is 0.350 e. The van der Waals surface area contributed by atoms with Gasteiger partial charge in [0.15, 0.2) is 0 Å². The van der Waals surface area contributed by atoms with Gasteiger partial charge in [-0.15, -0.1) is 0 Å². The third-order valence-corrected chi connectivity index (χ3v) is 3.23. The molecule has 0 saturated heterocycles. The number of hydrogen-bond acceptors (Lipinski definition) is 3. The van der Waals surface area contributed by atoms with E-state index in [0.29, 0.717) is 11.6 Å². The molecule has 1 aromatic carbocycles. The molecule has 0 aliphatic carbocycles. The van der Waals surface area contributed by atoms with Gasteiger partial charge in [-0.1, -0.05) is 11.6 Å². The molecule has 2 N–H and O–H groups in total. The molecule has 5 heteroatoms. The summed E-state index contributed by atoms with van der Waals surface area (Å²) in [5, 5.41) is 3.74. The summed E-state index contributed by atoms with van der Waals surface area (Å²) < 4.78 is 0. The third kappa shape index (κ3) is 2.14. The molecule has 3 aromatic rings. The predicted molar refractivity (Wildman–Crippen MR) is 77.8 cm³/mol. The molecule has 0 radical (unpaired) electrons. The fraction of sp³-hybridized carbons (Fsp3) is 0.133. The van der Waals surface area contributed by atoms with Crippen molar-refractivity contribution < 1.29 is 4.79 Å². The number of anilines is 1. The van der Waals surface area contributed by atoms with Gasteiger partial charge in [-0.05, 0) is 37.6 Å². The number of hydrogen-bond donors (Lipinski definition) is 2. The Kier molecular flexibility index (Phi) is 2.95. The van der Waals surface area contributed by atoms with Crippen LogP contribution in [0.5, 0.6) is 0 Å². The fourth-order valence-corrected chi connectivity index (χ4v) is 2.20. The Bertz CT molecular complexity index is 777. The minimum Gasteiger partial charge on any atom is -0.350 e. The number of nitrogens with one attached hydrogen (secondary N) is 2. The number of rotatable bonds is 2. The summed E-state index contributed by atoms with van der Waals surface area (Å²) in [5.41, 5.74) is 3.58. The Morgan fingerprint density at radius 2 is 1.95 bits per heavy atom. The van der Waals surface area contributed by atoms with E-state index in [2.05, 4.69) is 26.3 Å². The van der Waals surface area contributed by atoms with E-state index >= 15 is 0 Å². The van der Waals surface area contributed by atoms with Crippen molar-refractivity contribution in [3.63, 3.8) is 0 Å². The zero-order valence-electron chi connectivity index (χ0n) is 11.3. The maximum absolute atomic E-state index is 12.3. The van der Waals surface area contributed by atoms with E-state index < -0.39 is 0 Å². The van der Waals surface area contributed by atoms with Crippen LogP contribution in [-0.2, 0) is 0 Å². The zero-order chi connectivity index (χ0) is 14.1. The van der Waals surface area contributed by atoms with Crippen LogP contribution in [0.15, 0.2) is 36.7 Å². The van der Waals surface area contributed by atoms with E-state index in [1.54, 1.807) is 18.5 Å². The van der Waals surface area contributed by atoms with Gasteiger partial charge in [-0.3, -0.25) is 10.1 Å². The molecule has 0 fully saturated rings. The van der Waals surface area contributed by atoms with Gasteiger partial charge < -0.3 is 4.98 Å². The molecule has 0 bridgehead atoms. The molecule has 5 nitrogen and oxygen atoms in total. The number of H-pyrrole nitrogens is 1. The molecule has 0 aliphatic heterocycles. The first-order valence-corrected chi connectivity index (χ1v) is 6.32. The van der Waals surface area contributed by atoms with Crippen LogP contribution in [0.2, 0.25) is 0 Å². The summed E-state index contributed by atoms with van der Waals surface area (Å²) in [5.74, 6) is 0.0642. The molecule has 3 rings (SSSR count). The zero-order valence-corrected chi connectivity index (χ0v) is 11.3. The molecule has 0 atom stereocenters. The van der Waals surface area contributed by atoms with Gasteiger partial charge in [-0.25, -0.2) is 9.97 Å². The monoisotopic (exact) mass is 266 g/mol. The van der Waals surface area contributed by atoms with Gasteiger partial charge in [0.25, 0.3) is 5.91 Å². The number of amides is 1. The molecule has 0 saturated carbocycles. The van der Waals surface area contributed by atoms with E-state index in [1.807, 2.05) is 26.0 Å². The first-order valence-electron chi connectivity index (χ1n) is 6.32. The summed E-state index contributed by atoms with van der Waals surface area (Å²) in [6.45, 7) is 3.96. The van der Waals surface area contributed by atoms with E-state index in [-0.39, 0.29) is 5.91 Å². The maximum Gasteiger partial charge on any atom is 0.274 e. The summed E-state index contributed by atoms with van der Waals surface area (Å²) in [4.78, 5) is 23.4. The van der Waals surface area contributed by atoms with Crippen LogP contribution in [-0.4, -0.2) is 20.9 Å². The van der Waals surface area contributed by atoms with E-state index in [1.165, 1.54) is 0 Å². The summed E-state index contributed by atoms with van der Waals surface area (Å²) in [6.07, 6.45) is 3.17. The van der Waals surface area contributed by atoms with Crippen molar-refractivity contribution in [3.05, 3.63) is 53.5 Å². The van der Waals surface area contributed by atoms with E-state index in [0.717, 1.165) is 22.0 Å². The van der Waals surface area contributed by atoms with Crippen LogP contribution >= 0.6 is 0 Å². The highest BCUT2D eigenvalue weighted by Crippen LogP contribution is 2.23. The lowest BCUT2D eigenvalue weighted by Crippen LogP contribution is -2.15. The van der Waals surface area contributed by atoms with Crippen molar-refractivity contribution in [1.29, 1.82) is 0 Å². The van der Waals surface area contributed by atoms with Crippen molar-refractivity contribution in [1.82, 2.24) is 15.0 Å². The number of aryl methyl sites for hydroxylation is 2. The van der Waals surface area contributed by atoms with Crippen LogP contribution in [0.3, 0.4) is 0 Å². The van der Waals surface area contributed by atoms with Gasteiger partial charge >= 0.3 is 0 Å². The minimum atomic E-state index is -0.234. The number of benzene rings is 1. The van der Waals surface area contributed by atoms with Gasteiger partial charge in [0.1, 0.15) is 5.69 Å². The number of fused-ring (bicyclic) bond motifs is 1. The number of aromatic nitrogens is 3. The van der Waals surface area contributed by atoms with E-state index in [4.69, 9.17) is 0 Å². The van der Waals surface area contributed by atoms with Crippen LogP contribution in [0.4, 0.5) is 5.95 Å². The molecule has 2 aromatic heterocycles. The molecule has 0 unspecified atom stereocenters. The molecule has 20 heavy (non-hydrogen) atoms. The fourth-order valence-electron chi connectivity index (χ4n) is 2.20. The summed E-state index contributed by atoms with van der Waals surface area (Å²) >= 11 is 0. The van der Waals surface area contributed by atoms with Crippen LogP contribution in [0, 0.1) is 13.8 Å². The van der Waals surface area contributed by atoms with Crippen molar-refractivity contribution in [2.45, 2.75) is 13.8 Å². The highest BCUT2D eigenvalue weighted by atomic mass is 16.2. The van der Waals surface area contributed by atoms with Crippen LogP contribution in [0.25, 0.3) is 10.9 Å².